The molecule has 0 aliphatic carbocycles. The zero-order valence-electron chi connectivity index (χ0n) is 11.6. The van der Waals surface area contributed by atoms with Crippen LogP contribution in [-0.2, 0) is 6.54 Å². The van der Waals surface area contributed by atoms with E-state index in [1.807, 2.05) is 30.3 Å². The molecule has 2 N–H and O–H groups in total. The zero-order valence-corrected chi connectivity index (χ0v) is 13.1. The number of nitrogen functional groups attached to an aromatic ring is 1. The number of rotatable bonds is 4. The summed E-state index contributed by atoms with van der Waals surface area (Å²) < 4.78 is 0. The lowest BCUT2D eigenvalue weighted by molar-refractivity contribution is 0.253. The predicted octanol–water partition coefficient (Wildman–Crippen LogP) is 4.77. The SMILES string of the molecule is CC(c1cccc(Cl)c1)N(C)Cc1ccc(N)cc1Cl. The first kappa shape index (κ1) is 15.2. The molecular weight excluding hydrogens is 291 g/mol. The van der Waals surface area contributed by atoms with Crippen molar-refractivity contribution >= 4 is 28.9 Å². The fourth-order valence-electron chi connectivity index (χ4n) is 2.12. The number of benzene rings is 2. The number of hydrogen-bond donors (Lipinski definition) is 1. The van der Waals surface area contributed by atoms with E-state index in [1.165, 1.54) is 5.56 Å². The van der Waals surface area contributed by atoms with E-state index in [0.717, 1.165) is 17.1 Å². The van der Waals surface area contributed by atoms with Crippen molar-refractivity contribution in [3.8, 4) is 0 Å². The molecular formula is C16H18Cl2N2. The molecule has 0 amide bonds. The van der Waals surface area contributed by atoms with E-state index in [2.05, 4.69) is 24.9 Å². The molecule has 4 heteroatoms. The van der Waals surface area contributed by atoms with Crippen LogP contribution in [0.5, 0.6) is 0 Å². The minimum atomic E-state index is 0.252. The fraction of sp³-hybridized carbons (Fsp3) is 0.250. The summed E-state index contributed by atoms with van der Waals surface area (Å²) in [6.07, 6.45) is 0. The van der Waals surface area contributed by atoms with Gasteiger partial charge in [0, 0.05) is 28.3 Å². The first-order chi connectivity index (χ1) is 9.47. The van der Waals surface area contributed by atoms with Crippen LogP contribution in [0.3, 0.4) is 0 Å². The zero-order chi connectivity index (χ0) is 14.7. The largest absolute Gasteiger partial charge is 0.399 e. The molecule has 0 fully saturated rings. The van der Waals surface area contributed by atoms with Gasteiger partial charge in [-0.2, -0.15) is 0 Å². The highest BCUT2D eigenvalue weighted by Crippen LogP contribution is 2.26. The van der Waals surface area contributed by atoms with Crippen LogP contribution in [0.25, 0.3) is 0 Å². The van der Waals surface area contributed by atoms with Gasteiger partial charge in [0.1, 0.15) is 0 Å². The van der Waals surface area contributed by atoms with Crippen LogP contribution < -0.4 is 5.73 Å². The van der Waals surface area contributed by atoms with Gasteiger partial charge in [0.05, 0.1) is 0 Å². The second-order valence-electron chi connectivity index (χ2n) is 5.00. The van der Waals surface area contributed by atoms with Crippen LogP contribution in [0, 0.1) is 0 Å². The Balaban J connectivity index is 2.13. The van der Waals surface area contributed by atoms with Crippen LogP contribution in [0.1, 0.15) is 24.1 Å². The predicted molar refractivity (Wildman–Crippen MR) is 87.2 cm³/mol. The summed E-state index contributed by atoms with van der Waals surface area (Å²) in [6, 6.07) is 13.8. The third kappa shape index (κ3) is 3.66. The van der Waals surface area contributed by atoms with Crippen LogP contribution in [0.15, 0.2) is 42.5 Å². The topological polar surface area (TPSA) is 29.3 Å². The molecule has 0 radical (unpaired) electrons. The quantitative estimate of drug-likeness (QED) is 0.824. The highest BCUT2D eigenvalue weighted by Gasteiger charge is 2.13. The highest BCUT2D eigenvalue weighted by atomic mass is 35.5. The molecule has 0 heterocycles. The van der Waals surface area contributed by atoms with E-state index in [0.29, 0.717) is 10.7 Å². The van der Waals surface area contributed by atoms with Gasteiger partial charge < -0.3 is 5.73 Å². The Morgan fingerprint density at radius 3 is 2.55 bits per heavy atom. The molecule has 0 spiro atoms. The number of hydrogen-bond acceptors (Lipinski definition) is 2. The van der Waals surface area contributed by atoms with Gasteiger partial charge in [-0.25, -0.2) is 0 Å². The van der Waals surface area contributed by atoms with E-state index in [4.69, 9.17) is 28.9 Å². The third-order valence-electron chi connectivity index (χ3n) is 3.49. The summed E-state index contributed by atoms with van der Waals surface area (Å²) in [6.45, 7) is 2.91. The summed E-state index contributed by atoms with van der Waals surface area (Å²) in [5, 5.41) is 1.46. The van der Waals surface area contributed by atoms with Crippen LogP contribution in [0.2, 0.25) is 10.0 Å². The summed E-state index contributed by atoms with van der Waals surface area (Å²) in [5.74, 6) is 0. The Bertz CT molecular complexity index is 599. The van der Waals surface area contributed by atoms with E-state index in [1.54, 1.807) is 6.07 Å². The van der Waals surface area contributed by atoms with Gasteiger partial charge in [-0.1, -0.05) is 41.4 Å². The van der Waals surface area contributed by atoms with E-state index in [-0.39, 0.29) is 6.04 Å². The maximum Gasteiger partial charge on any atom is 0.0471 e. The first-order valence-corrected chi connectivity index (χ1v) is 7.22. The molecule has 2 aromatic rings. The van der Waals surface area contributed by atoms with E-state index < -0.39 is 0 Å². The second-order valence-corrected chi connectivity index (χ2v) is 5.84. The van der Waals surface area contributed by atoms with Gasteiger partial charge in [0.2, 0.25) is 0 Å². The van der Waals surface area contributed by atoms with Gasteiger partial charge in [0.15, 0.2) is 0 Å². The Morgan fingerprint density at radius 1 is 1.15 bits per heavy atom. The molecule has 1 atom stereocenters. The molecule has 0 saturated carbocycles. The molecule has 1 unspecified atom stereocenters. The van der Waals surface area contributed by atoms with Gasteiger partial charge in [-0.05, 0) is 49.4 Å². The van der Waals surface area contributed by atoms with Crippen molar-refractivity contribution in [3.05, 3.63) is 63.6 Å². The molecule has 2 nitrogen and oxygen atoms in total. The number of nitrogens with two attached hydrogens (primary N) is 1. The average molecular weight is 309 g/mol. The van der Waals surface area contributed by atoms with Crippen molar-refractivity contribution in [2.24, 2.45) is 0 Å². The van der Waals surface area contributed by atoms with Crippen molar-refractivity contribution in [2.45, 2.75) is 19.5 Å². The van der Waals surface area contributed by atoms with Crippen LogP contribution in [-0.4, -0.2) is 11.9 Å². The van der Waals surface area contributed by atoms with Crippen molar-refractivity contribution in [3.63, 3.8) is 0 Å². The fourth-order valence-corrected chi connectivity index (χ4v) is 2.57. The Morgan fingerprint density at radius 2 is 1.90 bits per heavy atom. The minimum absolute atomic E-state index is 0.252. The third-order valence-corrected chi connectivity index (χ3v) is 4.08. The van der Waals surface area contributed by atoms with Crippen molar-refractivity contribution in [2.75, 3.05) is 12.8 Å². The van der Waals surface area contributed by atoms with E-state index >= 15 is 0 Å². The Kier molecular flexibility index (Phi) is 4.92. The minimum Gasteiger partial charge on any atom is -0.399 e. The van der Waals surface area contributed by atoms with Crippen molar-refractivity contribution in [1.29, 1.82) is 0 Å². The number of halogens is 2. The summed E-state index contributed by atoms with van der Waals surface area (Å²) in [5.41, 5.74) is 8.65. The van der Waals surface area contributed by atoms with Crippen LogP contribution in [0.4, 0.5) is 5.69 Å². The van der Waals surface area contributed by atoms with Gasteiger partial charge >= 0.3 is 0 Å². The molecule has 0 aliphatic rings. The highest BCUT2D eigenvalue weighted by molar-refractivity contribution is 6.31. The first-order valence-electron chi connectivity index (χ1n) is 6.47. The number of anilines is 1. The van der Waals surface area contributed by atoms with E-state index in [9.17, 15) is 0 Å². The molecule has 106 valence electrons. The molecule has 0 aliphatic heterocycles. The monoisotopic (exact) mass is 308 g/mol. The smallest absolute Gasteiger partial charge is 0.0471 e. The maximum absolute atomic E-state index is 6.22. The summed E-state index contributed by atoms with van der Waals surface area (Å²) >= 11 is 12.3. The average Bonchev–Trinajstić information content (AvgIpc) is 2.41. The Labute approximate surface area is 130 Å². The molecule has 20 heavy (non-hydrogen) atoms. The molecule has 0 bridgehead atoms. The Hall–Kier alpha value is -1.22. The maximum atomic E-state index is 6.22. The lowest BCUT2D eigenvalue weighted by Gasteiger charge is -2.25. The molecule has 2 rings (SSSR count). The van der Waals surface area contributed by atoms with Crippen molar-refractivity contribution < 1.29 is 0 Å². The normalized spacial score (nSPS) is 12.7. The standard InChI is InChI=1S/C16H18Cl2N2/c1-11(12-4-3-5-14(17)8-12)20(2)10-13-6-7-15(19)9-16(13)18/h3-9,11H,10,19H2,1-2H3. The van der Waals surface area contributed by atoms with Crippen LogP contribution >= 0.6 is 23.2 Å². The lowest BCUT2D eigenvalue weighted by atomic mass is 10.1. The molecule has 2 aromatic carbocycles. The summed E-state index contributed by atoms with van der Waals surface area (Å²) in [4.78, 5) is 2.23. The second kappa shape index (κ2) is 6.49. The summed E-state index contributed by atoms with van der Waals surface area (Å²) in [7, 11) is 2.07. The molecule has 0 aromatic heterocycles. The van der Waals surface area contributed by atoms with Gasteiger partial charge in [0.25, 0.3) is 0 Å². The number of nitrogens with zero attached hydrogens (tertiary/aromatic N) is 1. The lowest BCUT2D eigenvalue weighted by Crippen LogP contribution is -2.22. The van der Waals surface area contributed by atoms with Gasteiger partial charge in [-0.3, -0.25) is 4.90 Å². The van der Waals surface area contributed by atoms with Crippen molar-refractivity contribution in [1.82, 2.24) is 4.90 Å². The molecule has 0 saturated heterocycles. The van der Waals surface area contributed by atoms with Gasteiger partial charge in [-0.15, -0.1) is 0 Å².